The average molecular weight is 267 g/mol. The van der Waals surface area contributed by atoms with Gasteiger partial charge >= 0.3 is 0 Å². The highest BCUT2D eigenvalue weighted by Crippen LogP contribution is 2.26. The van der Waals surface area contributed by atoms with Crippen molar-refractivity contribution >= 4 is 16.7 Å². The SMILES string of the molecule is CC1CN(c2nc3ccccc3cc2C#N)C(C)CO1. The van der Waals surface area contributed by atoms with Crippen LogP contribution in [0.1, 0.15) is 19.4 Å². The summed E-state index contributed by atoms with van der Waals surface area (Å²) in [4.78, 5) is 6.88. The number of morpholine rings is 1. The third-order valence-corrected chi connectivity index (χ3v) is 3.70. The van der Waals surface area contributed by atoms with E-state index in [4.69, 9.17) is 9.72 Å². The minimum atomic E-state index is 0.158. The van der Waals surface area contributed by atoms with Crippen molar-refractivity contribution in [3.8, 4) is 6.07 Å². The van der Waals surface area contributed by atoms with E-state index in [2.05, 4.69) is 17.9 Å². The van der Waals surface area contributed by atoms with Crippen LogP contribution in [0.25, 0.3) is 10.9 Å². The van der Waals surface area contributed by atoms with Gasteiger partial charge in [-0.3, -0.25) is 0 Å². The van der Waals surface area contributed by atoms with Crippen LogP contribution in [-0.4, -0.2) is 30.3 Å². The number of ether oxygens (including phenoxy) is 1. The average Bonchev–Trinajstić information content (AvgIpc) is 2.48. The first-order chi connectivity index (χ1) is 9.69. The van der Waals surface area contributed by atoms with Crippen LogP contribution in [0.5, 0.6) is 0 Å². The highest BCUT2D eigenvalue weighted by molar-refractivity contribution is 5.83. The van der Waals surface area contributed by atoms with Crippen LogP contribution < -0.4 is 4.90 Å². The summed E-state index contributed by atoms with van der Waals surface area (Å²) in [5.74, 6) is 0.772. The lowest BCUT2D eigenvalue weighted by atomic mass is 10.1. The highest BCUT2D eigenvalue weighted by Gasteiger charge is 2.26. The summed E-state index contributed by atoms with van der Waals surface area (Å²) in [6.45, 7) is 5.58. The van der Waals surface area contributed by atoms with Gasteiger partial charge < -0.3 is 9.64 Å². The lowest BCUT2D eigenvalue weighted by Crippen LogP contribution is -2.48. The van der Waals surface area contributed by atoms with Gasteiger partial charge in [0.05, 0.1) is 29.8 Å². The van der Waals surface area contributed by atoms with E-state index in [0.29, 0.717) is 12.2 Å². The monoisotopic (exact) mass is 267 g/mol. The fraction of sp³-hybridized carbons (Fsp3) is 0.375. The summed E-state index contributed by atoms with van der Waals surface area (Å²) < 4.78 is 5.65. The molecular weight excluding hydrogens is 250 g/mol. The van der Waals surface area contributed by atoms with Crippen molar-refractivity contribution in [2.24, 2.45) is 0 Å². The van der Waals surface area contributed by atoms with Gasteiger partial charge in [-0.25, -0.2) is 4.98 Å². The van der Waals surface area contributed by atoms with Gasteiger partial charge in [-0.1, -0.05) is 18.2 Å². The van der Waals surface area contributed by atoms with Crippen LogP contribution in [-0.2, 0) is 4.74 Å². The Morgan fingerprint density at radius 1 is 1.35 bits per heavy atom. The summed E-state index contributed by atoms with van der Waals surface area (Å²) >= 11 is 0. The molecule has 102 valence electrons. The van der Waals surface area contributed by atoms with Crippen molar-refractivity contribution in [2.75, 3.05) is 18.1 Å². The number of rotatable bonds is 1. The molecule has 1 saturated heterocycles. The predicted molar refractivity (Wildman–Crippen MR) is 78.7 cm³/mol. The van der Waals surface area contributed by atoms with Crippen LogP contribution >= 0.6 is 0 Å². The van der Waals surface area contributed by atoms with Gasteiger partial charge in [0, 0.05) is 11.9 Å². The third-order valence-electron chi connectivity index (χ3n) is 3.70. The summed E-state index contributed by atoms with van der Waals surface area (Å²) in [6.07, 6.45) is 0.158. The van der Waals surface area contributed by atoms with E-state index in [9.17, 15) is 5.26 Å². The molecule has 0 radical (unpaired) electrons. The van der Waals surface area contributed by atoms with Crippen molar-refractivity contribution < 1.29 is 4.74 Å². The molecule has 2 heterocycles. The van der Waals surface area contributed by atoms with Crippen molar-refractivity contribution in [3.63, 3.8) is 0 Å². The molecule has 1 aliphatic rings. The summed E-state index contributed by atoms with van der Waals surface area (Å²) in [7, 11) is 0. The second-order valence-corrected chi connectivity index (χ2v) is 5.31. The standard InChI is InChI=1S/C16H17N3O/c1-11-10-20-12(2)9-19(11)16-14(8-17)7-13-5-3-4-6-15(13)18-16/h3-7,11-12H,9-10H2,1-2H3. The Hall–Kier alpha value is -2.12. The minimum absolute atomic E-state index is 0.158. The molecule has 0 spiro atoms. The van der Waals surface area contributed by atoms with E-state index in [1.807, 2.05) is 37.3 Å². The second-order valence-electron chi connectivity index (χ2n) is 5.31. The number of pyridine rings is 1. The number of hydrogen-bond donors (Lipinski definition) is 0. The van der Waals surface area contributed by atoms with E-state index < -0.39 is 0 Å². The van der Waals surface area contributed by atoms with Gasteiger partial charge in [0.1, 0.15) is 11.9 Å². The van der Waals surface area contributed by atoms with Crippen LogP contribution in [0.4, 0.5) is 5.82 Å². The summed E-state index contributed by atoms with van der Waals surface area (Å²) in [5, 5.41) is 10.4. The molecule has 1 aliphatic heterocycles. The Bertz CT molecular complexity index is 677. The van der Waals surface area contributed by atoms with Gasteiger partial charge in [0.25, 0.3) is 0 Å². The van der Waals surface area contributed by atoms with E-state index in [1.165, 1.54) is 0 Å². The minimum Gasteiger partial charge on any atom is -0.375 e. The molecule has 0 aliphatic carbocycles. The van der Waals surface area contributed by atoms with Crippen LogP contribution in [0, 0.1) is 11.3 Å². The second kappa shape index (κ2) is 5.10. The zero-order chi connectivity index (χ0) is 14.1. The molecule has 2 aromatic rings. The predicted octanol–water partition coefficient (Wildman–Crippen LogP) is 2.72. The van der Waals surface area contributed by atoms with Gasteiger partial charge in [0.2, 0.25) is 0 Å². The molecule has 1 aromatic carbocycles. The number of para-hydroxylation sites is 1. The Balaban J connectivity index is 2.12. The maximum atomic E-state index is 9.41. The molecule has 4 heteroatoms. The lowest BCUT2D eigenvalue weighted by molar-refractivity contribution is 0.0340. The lowest BCUT2D eigenvalue weighted by Gasteiger charge is -2.38. The fourth-order valence-corrected chi connectivity index (χ4v) is 2.61. The molecule has 0 bridgehead atoms. The maximum absolute atomic E-state index is 9.41. The van der Waals surface area contributed by atoms with Crippen LogP contribution in [0.2, 0.25) is 0 Å². The topological polar surface area (TPSA) is 49.2 Å². The Morgan fingerprint density at radius 2 is 2.15 bits per heavy atom. The van der Waals surface area contributed by atoms with E-state index in [1.54, 1.807) is 0 Å². The van der Waals surface area contributed by atoms with E-state index in [-0.39, 0.29) is 12.1 Å². The molecule has 2 atom stereocenters. The Labute approximate surface area is 118 Å². The van der Waals surface area contributed by atoms with E-state index >= 15 is 0 Å². The maximum Gasteiger partial charge on any atom is 0.147 e. The molecule has 0 saturated carbocycles. The number of hydrogen-bond acceptors (Lipinski definition) is 4. The quantitative estimate of drug-likeness (QED) is 0.797. The molecule has 0 N–H and O–H groups in total. The first-order valence-corrected chi connectivity index (χ1v) is 6.87. The number of anilines is 1. The molecule has 1 fully saturated rings. The molecule has 4 nitrogen and oxygen atoms in total. The molecule has 2 unspecified atom stereocenters. The van der Waals surface area contributed by atoms with Gasteiger partial charge in [-0.2, -0.15) is 5.26 Å². The first-order valence-electron chi connectivity index (χ1n) is 6.87. The summed E-state index contributed by atoms with van der Waals surface area (Å²) in [6, 6.07) is 12.3. The first kappa shape index (κ1) is 12.9. The van der Waals surface area contributed by atoms with Crippen molar-refractivity contribution in [2.45, 2.75) is 26.0 Å². The third kappa shape index (κ3) is 2.21. The van der Waals surface area contributed by atoms with Crippen LogP contribution in [0.3, 0.4) is 0 Å². The fourth-order valence-electron chi connectivity index (χ4n) is 2.61. The Morgan fingerprint density at radius 3 is 2.95 bits per heavy atom. The molecule has 20 heavy (non-hydrogen) atoms. The van der Waals surface area contributed by atoms with Crippen molar-refractivity contribution in [1.82, 2.24) is 4.98 Å². The zero-order valence-electron chi connectivity index (χ0n) is 11.7. The number of benzene rings is 1. The molecule has 0 amide bonds. The largest absolute Gasteiger partial charge is 0.375 e. The van der Waals surface area contributed by atoms with Crippen LogP contribution in [0.15, 0.2) is 30.3 Å². The highest BCUT2D eigenvalue weighted by atomic mass is 16.5. The number of aromatic nitrogens is 1. The molecule has 3 rings (SSSR count). The van der Waals surface area contributed by atoms with Gasteiger partial charge in [-0.15, -0.1) is 0 Å². The molecule has 1 aromatic heterocycles. The van der Waals surface area contributed by atoms with Crippen molar-refractivity contribution in [1.29, 1.82) is 5.26 Å². The molecular formula is C16H17N3O. The number of fused-ring (bicyclic) bond motifs is 1. The Kier molecular flexibility index (Phi) is 3.29. The van der Waals surface area contributed by atoms with Gasteiger partial charge in [-0.05, 0) is 26.0 Å². The number of nitriles is 1. The van der Waals surface area contributed by atoms with Crippen molar-refractivity contribution in [3.05, 3.63) is 35.9 Å². The number of nitrogens with zero attached hydrogens (tertiary/aromatic N) is 3. The zero-order valence-corrected chi connectivity index (χ0v) is 11.7. The van der Waals surface area contributed by atoms with Gasteiger partial charge in [0.15, 0.2) is 0 Å². The van der Waals surface area contributed by atoms with E-state index in [0.717, 1.165) is 23.3 Å². The normalized spacial score (nSPS) is 22.8. The summed E-state index contributed by atoms with van der Waals surface area (Å²) in [5.41, 5.74) is 1.55. The smallest absolute Gasteiger partial charge is 0.147 e.